The first-order chi connectivity index (χ1) is 13.2. The molecule has 1 aliphatic rings. The largest absolute Gasteiger partial charge is 0.467 e. The average Bonchev–Trinajstić information content (AvgIpc) is 3.32. The average molecular weight is 380 g/mol. The van der Waals surface area contributed by atoms with Crippen LogP contribution < -0.4 is 11.1 Å². The first-order valence-electron chi connectivity index (χ1n) is 9.16. The van der Waals surface area contributed by atoms with Gasteiger partial charge in [0, 0.05) is 6.04 Å². The van der Waals surface area contributed by atoms with Crippen LogP contribution in [0.25, 0.3) is 10.2 Å². The lowest BCUT2D eigenvalue weighted by molar-refractivity contribution is 0.518. The molecule has 0 spiro atoms. The number of anilines is 1. The van der Waals surface area contributed by atoms with Gasteiger partial charge in [0.1, 0.15) is 11.5 Å². The van der Waals surface area contributed by atoms with Crippen molar-refractivity contribution in [3.8, 4) is 11.8 Å². The number of hydrogen-bond donors (Lipinski definition) is 2. The maximum absolute atomic E-state index is 5.58. The number of rotatable bonds is 3. The summed E-state index contributed by atoms with van der Waals surface area (Å²) in [5.74, 6) is 6.84. The number of pyridine rings is 1. The smallest absolute Gasteiger partial charge is 0.122 e. The van der Waals surface area contributed by atoms with E-state index in [9.17, 15) is 0 Å². The molecule has 0 fully saturated rings. The number of furan rings is 1. The molecule has 1 aliphatic carbocycles. The fourth-order valence-electron chi connectivity index (χ4n) is 2.86. The summed E-state index contributed by atoms with van der Waals surface area (Å²) in [7, 11) is 0. The molecule has 0 radical (unpaired) electrons. The first kappa shape index (κ1) is 19.2. The first-order valence-corrected chi connectivity index (χ1v) is 10.0. The van der Waals surface area contributed by atoms with Crippen molar-refractivity contribution >= 4 is 27.2 Å². The van der Waals surface area contributed by atoms with Gasteiger partial charge in [0.15, 0.2) is 0 Å². The Hall–Kier alpha value is -2.55. The van der Waals surface area contributed by atoms with Crippen molar-refractivity contribution < 1.29 is 4.42 Å². The predicted octanol–water partition coefficient (Wildman–Crippen LogP) is 5.24. The molecule has 0 aromatic carbocycles. The molecular weight excluding hydrogens is 354 g/mol. The van der Waals surface area contributed by atoms with E-state index in [1.54, 1.807) is 17.6 Å². The highest BCUT2D eigenvalue weighted by molar-refractivity contribution is 7.18. The number of hydrogen-bond acceptors (Lipinski definition) is 5. The highest BCUT2D eigenvalue weighted by atomic mass is 32.1. The number of allylic oxidation sites excluding steroid dienone is 1. The molecule has 1 unspecified atom stereocenters. The van der Waals surface area contributed by atoms with E-state index in [2.05, 4.69) is 46.6 Å². The Morgan fingerprint density at radius 2 is 2.30 bits per heavy atom. The Morgan fingerprint density at radius 3 is 2.93 bits per heavy atom. The summed E-state index contributed by atoms with van der Waals surface area (Å²) in [4.78, 5) is 4.60. The molecule has 1 atom stereocenters. The van der Waals surface area contributed by atoms with Crippen LogP contribution in [0.4, 0.5) is 5.69 Å². The Balaban J connectivity index is 0.000000253. The molecule has 27 heavy (non-hydrogen) atoms. The van der Waals surface area contributed by atoms with Gasteiger partial charge in [-0.3, -0.25) is 0 Å². The van der Waals surface area contributed by atoms with Gasteiger partial charge in [-0.15, -0.1) is 11.3 Å². The molecule has 3 heterocycles. The Labute approximate surface area is 164 Å². The summed E-state index contributed by atoms with van der Waals surface area (Å²) in [6.45, 7) is 4.55. The van der Waals surface area contributed by atoms with Gasteiger partial charge >= 0.3 is 0 Å². The predicted molar refractivity (Wildman–Crippen MR) is 114 cm³/mol. The second-order valence-corrected chi connectivity index (χ2v) is 7.38. The minimum atomic E-state index is 0.449. The molecule has 0 amide bonds. The van der Waals surface area contributed by atoms with Crippen molar-refractivity contribution in [1.29, 1.82) is 0 Å². The number of fused-ring (bicyclic) bond motifs is 1. The minimum absolute atomic E-state index is 0.449. The number of nitrogens with one attached hydrogen (secondary N) is 1. The standard InChI is InChI=1S/C16H14N2OS.C6H11N/c1-3-5-12-8-14(17-9-13-6-4-7-19-13)16-15(18-12)11(2)10-20-16;7-6-4-2-1-3-5-6/h4,6-8,10H,9H2,1-2H3,(H,17,18);1-2,6H,3-5,7H2. The highest BCUT2D eigenvalue weighted by Crippen LogP contribution is 2.31. The summed E-state index contributed by atoms with van der Waals surface area (Å²) < 4.78 is 6.51. The summed E-state index contributed by atoms with van der Waals surface area (Å²) in [6.07, 6.45) is 9.48. The third-order valence-electron chi connectivity index (χ3n) is 4.30. The van der Waals surface area contributed by atoms with Crippen LogP contribution in [0.5, 0.6) is 0 Å². The molecular formula is C22H25N3OS. The lowest BCUT2D eigenvalue weighted by atomic mass is 10.0. The van der Waals surface area contributed by atoms with E-state index >= 15 is 0 Å². The van der Waals surface area contributed by atoms with Crippen LogP contribution in [0, 0.1) is 18.8 Å². The topological polar surface area (TPSA) is 64.1 Å². The van der Waals surface area contributed by atoms with Gasteiger partial charge in [-0.1, -0.05) is 18.1 Å². The van der Waals surface area contributed by atoms with E-state index in [1.807, 2.05) is 25.1 Å². The lowest BCUT2D eigenvalue weighted by Gasteiger charge is -2.09. The lowest BCUT2D eigenvalue weighted by Crippen LogP contribution is -2.19. The van der Waals surface area contributed by atoms with Crippen LogP contribution in [0.3, 0.4) is 0 Å². The van der Waals surface area contributed by atoms with E-state index in [1.165, 1.54) is 18.4 Å². The summed E-state index contributed by atoms with van der Waals surface area (Å²) in [5, 5.41) is 5.53. The molecule has 5 heteroatoms. The zero-order chi connectivity index (χ0) is 19.1. The van der Waals surface area contributed by atoms with E-state index in [4.69, 9.17) is 10.2 Å². The molecule has 4 rings (SSSR count). The maximum atomic E-state index is 5.58. The molecule has 3 aromatic heterocycles. The number of aryl methyl sites for hydroxylation is 1. The normalized spacial score (nSPS) is 15.6. The molecule has 3 N–H and O–H groups in total. The third kappa shape index (κ3) is 5.22. The van der Waals surface area contributed by atoms with Gasteiger partial charge in [0.25, 0.3) is 0 Å². The van der Waals surface area contributed by atoms with Gasteiger partial charge in [-0.05, 0) is 68.2 Å². The van der Waals surface area contributed by atoms with Crippen LogP contribution in [0.1, 0.15) is 43.2 Å². The van der Waals surface area contributed by atoms with Gasteiger partial charge in [0.05, 0.1) is 28.7 Å². The molecule has 4 nitrogen and oxygen atoms in total. The number of nitrogens with two attached hydrogens (primary N) is 1. The van der Waals surface area contributed by atoms with E-state index in [0.29, 0.717) is 12.6 Å². The molecule has 0 aliphatic heterocycles. The third-order valence-corrected chi connectivity index (χ3v) is 5.42. The quantitative estimate of drug-likeness (QED) is 0.483. The zero-order valence-electron chi connectivity index (χ0n) is 15.8. The van der Waals surface area contributed by atoms with Crippen molar-refractivity contribution in [2.24, 2.45) is 5.73 Å². The number of thiophene rings is 1. The molecule has 3 aromatic rings. The molecule has 0 bridgehead atoms. The summed E-state index contributed by atoms with van der Waals surface area (Å²) in [6, 6.07) is 6.29. The van der Waals surface area contributed by atoms with Crippen LogP contribution in [0.15, 0.2) is 46.4 Å². The SMILES string of the molecule is CC#Cc1cc(NCc2ccco2)c2scc(C)c2n1.NC1CC=CCC1. The van der Waals surface area contributed by atoms with Gasteiger partial charge in [-0.25, -0.2) is 4.98 Å². The Kier molecular flexibility index (Phi) is 6.69. The zero-order valence-corrected chi connectivity index (χ0v) is 16.6. The van der Waals surface area contributed by atoms with Crippen molar-refractivity contribution in [2.45, 2.75) is 45.7 Å². The molecule has 140 valence electrons. The van der Waals surface area contributed by atoms with Crippen LogP contribution >= 0.6 is 11.3 Å². The Bertz CT molecular complexity index is 961. The Morgan fingerprint density at radius 1 is 1.41 bits per heavy atom. The van der Waals surface area contributed by atoms with Crippen LogP contribution in [-0.4, -0.2) is 11.0 Å². The number of nitrogens with zero attached hydrogens (tertiary/aromatic N) is 1. The van der Waals surface area contributed by atoms with Crippen LogP contribution in [0.2, 0.25) is 0 Å². The van der Waals surface area contributed by atoms with Crippen molar-refractivity contribution in [3.05, 3.63) is 59.0 Å². The van der Waals surface area contributed by atoms with Crippen molar-refractivity contribution in [1.82, 2.24) is 4.98 Å². The fraction of sp³-hybridized carbons (Fsp3) is 0.318. The minimum Gasteiger partial charge on any atom is -0.467 e. The van der Waals surface area contributed by atoms with Gasteiger partial charge < -0.3 is 15.5 Å². The van der Waals surface area contributed by atoms with E-state index in [0.717, 1.165) is 33.8 Å². The fourth-order valence-corrected chi connectivity index (χ4v) is 3.84. The summed E-state index contributed by atoms with van der Waals surface area (Å²) >= 11 is 1.70. The number of aromatic nitrogens is 1. The maximum Gasteiger partial charge on any atom is 0.122 e. The molecule has 0 saturated heterocycles. The summed E-state index contributed by atoms with van der Waals surface area (Å²) in [5.41, 5.74) is 9.65. The van der Waals surface area contributed by atoms with Crippen LogP contribution in [-0.2, 0) is 6.54 Å². The van der Waals surface area contributed by atoms with Crippen molar-refractivity contribution in [2.75, 3.05) is 5.32 Å². The van der Waals surface area contributed by atoms with Gasteiger partial charge in [-0.2, -0.15) is 0 Å². The van der Waals surface area contributed by atoms with Crippen molar-refractivity contribution in [3.63, 3.8) is 0 Å². The second kappa shape index (κ2) is 9.40. The van der Waals surface area contributed by atoms with E-state index in [-0.39, 0.29) is 0 Å². The monoisotopic (exact) mass is 379 g/mol. The van der Waals surface area contributed by atoms with Gasteiger partial charge in [0.2, 0.25) is 0 Å². The van der Waals surface area contributed by atoms with E-state index < -0.39 is 0 Å². The highest BCUT2D eigenvalue weighted by Gasteiger charge is 2.09. The second-order valence-electron chi connectivity index (χ2n) is 6.50. The molecule has 0 saturated carbocycles.